The van der Waals surface area contributed by atoms with Gasteiger partial charge in [-0.3, -0.25) is 5.01 Å². The molecule has 2 aromatic carbocycles. The Bertz CT molecular complexity index is 1320. The molecule has 0 N–H and O–H groups in total. The third-order valence-electron chi connectivity index (χ3n) is 7.23. The fourth-order valence-electron chi connectivity index (χ4n) is 5.06. The van der Waals surface area contributed by atoms with E-state index < -0.39 is 36.9 Å². The summed E-state index contributed by atoms with van der Waals surface area (Å²) in [6.45, 7) is 5.91. The zero-order valence-corrected chi connectivity index (χ0v) is 25.9. The number of anilines is 1. The number of nitrogens with zero attached hydrogens (tertiary/aromatic N) is 3. The Balaban J connectivity index is 1.47. The topological polar surface area (TPSA) is 110 Å². The SMILES string of the molecule is CO[C@@H]1[C@@H](OC)[C@H](C)O[C@@H](O/N=C/c2ccc(C3=NN(c4ccc(OC(F)(F)F)cc4)C(C(=O)OCC(C)C)C3)cc2)[C@@H]1OC. The van der Waals surface area contributed by atoms with E-state index in [1.807, 2.05) is 32.9 Å². The standard InChI is InChI=1S/C31H38F3N3O8/c1-18(2)17-42-29(38)25-15-24(36-37(25)22-11-13-23(14-12-22)44-31(32,33)34)21-9-7-20(8-10-21)16-35-45-30-28(41-6)27(40-5)26(39-4)19(3)43-30/h7-14,16,18-19,25-28,30H,15,17H2,1-6H3/b35-16+/t19-,25?,26-,27+,28+,30-/m0/s1. The van der Waals surface area contributed by atoms with Crippen molar-refractivity contribution in [2.75, 3.05) is 32.9 Å². The van der Waals surface area contributed by atoms with Crippen molar-refractivity contribution in [2.45, 2.75) is 70.3 Å². The van der Waals surface area contributed by atoms with Crippen LogP contribution in [0, 0.1) is 5.92 Å². The first kappa shape index (κ1) is 34.2. The summed E-state index contributed by atoms with van der Waals surface area (Å²) in [5, 5.41) is 10.2. The number of methoxy groups -OCH3 is 3. The molecule has 6 atom stereocenters. The Kier molecular flexibility index (Phi) is 11.4. The molecular weight excluding hydrogens is 599 g/mol. The molecule has 45 heavy (non-hydrogen) atoms. The second-order valence-corrected chi connectivity index (χ2v) is 10.9. The van der Waals surface area contributed by atoms with E-state index in [1.165, 1.54) is 42.6 Å². The number of esters is 1. The fraction of sp³-hybridized carbons (Fsp3) is 0.516. The first-order valence-electron chi connectivity index (χ1n) is 14.4. The lowest BCUT2D eigenvalue weighted by Gasteiger charge is -2.42. The van der Waals surface area contributed by atoms with Gasteiger partial charge in [0.1, 0.15) is 18.0 Å². The maximum Gasteiger partial charge on any atom is 0.573 e. The molecule has 1 fully saturated rings. The Morgan fingerprint density at radius 3 is 2.24 bits per heavy atom. The molecule has 2 aromatic rings. The average Bonchev–Trinajstić information content (AvgIpc) is 3.45. The molecule has 0 aliphatic carbocycles. The monoisotopic (exact) mass is 637 g/mol. The molecule has 4 rings (SSSR count). The molecular formula is C31H38F3N3O8. The molecule has 2 heterocycles. The Morgan fingerprint density at radius 1 is 1.02 bits per heavy atom. The van der Waals surface area contributed by atoms with Crippen LogP contribution in [-0.2, 0) is 33.3 Å². The van der Waals surface area contributed by atoms with Gasteiger partial charge in [0.2, 0.25) is 0 Å². The third-order valence-corrected chi connectivity index (χ3v) is 7.23. The number of hydrazone groups is 1. The minimum absolute atomic E-state index is 0.123. The lowest BCUT2D eigenvalue weighted by Crippen LogP contribution is -2.59. The van der Waals surface area contributed by atoms with Crippen LogP contribution in [0.5, 0.6) is 5.75 Å². The third kappa shape index (κ3) is 8.72. The second-order valence-electron chi connectivity index (χ2n) is 10.9. The van der Waals surface area contributed by atoms with Crippen molar-refractivity contribution >= 4 is 23.6 Å². The van der Waals surface area contributed by atoms with E-state index in [4.69, 9.17) is 28.5 Å². The first-order chi connectivity index (χ1) is 21.4. The zero-order valence-electron chi connectivity index (χ0n) is 25.9. The van der Waals surface area contributed by atoms with E-state index in [0.29, 0.717) is 11.4 Å². The van der Waals surface area contributed by atoms with E-state index in [0.717, 1.165) is 11.1 Å². The first-order valence-corrected chi connectivity index (χ1v) is 14.4. The van der Waals surface area contributed by atoms with Crippen molar-refractivity contribution in [3.8, 4) is 5.75 Å². The maximum atomic E-state index is 13.0. The number of ether oxygens (including phenoxy) is 6. The van der Waals surface area contributed by atoms with Gasteiger partial charge in [0.05, 0.1) is 30.3 Å². The molecule has 14 heteroatoms. The van der Waals surface area contributed by atoms with E-state index in [-0.39, 0.29) is 36.9 Å². The number of carbonyl (C=O) groups excluding carboxylic acids is 1. The lowest BCUT2D eigenvalue weighted by atomic mass is 9.99. The molecule has 1 saturated heterocycles. The summed E-state index contributed by atoms with van der Waals surface area (Å²) >= 11 is 0. The van der Waals surface area contributed by atoms with Crippen LogP contribution in [0.25, 0.3) is 0 Å². The summed E-state index contributed by atoms with van der Waals surface area (Å²) in [4.78, 5) is 18.7. The Labute approximate surface area is 259 Å². The Morgan fingerprint density at radius 2 is 1.67 bits per heavy atom. The minimum atomic E-state index is -4.82. The second kappa shape index (κ2) is 15.0. The summed E-state index contributed by atoms with van der Waals surface area (Å²) in [6, 6.07) is 11.6. The number of alkyl halides is 3. The number of halogens is 3. The molecule has 0 amide bonds. The smallest absolute Gasteiger partial charge is 0.464 e. The molecule has 0 saturated carbocycles. The summed E-state index contributed by atoms with van der Waals surface area (Å²) in [7, 11) is 4.67. The normalized spacial score (nSPS) is 25.5. The van der Waals surface area contributed by atoms with Crippen LogP contribution in [0.15, 0.2) is 58.8 Å². The molecule has 11 nitrogen and oxygen atoms in total. The fourth-order valence-corrected chi connectivity index (χ4v) is 5.06. The number of carbonyl (C=O) groups is 1. The van der Waals surface area contributed by atoms with E-state index >= 15 is 0 Å². The van der Waals surface area contributed by atoms with Gasteiger partial charge in [0, 0.05) is 27.8 Å². The van der Waals surface area contributed by atoms with Gasteiger partial charge in [-0.05, 0) is 48.2 Å². The molecule has 246 valence electrons. The molecule has 0 spiro atoms. The van der Waals surface area contributed by atoms with Gasteiger partial charge in [-0.25, -0.2) is 4.79 Å². The van der Waals surface area contributed by atoms with E-state index in [9.17, 15) is 18.0 Å². The van der Waals surface area contributed by atoms with Crippen molar-refractivity contribution in [2.24, 2.45) is 16.2 Å². The van der Waals surface area contributed by atoms with Crippen molar-refractivity contribution in [1.82, 2.24) is 0 Å². The van der Waals surface area contributed by atoms with Gasteiger partial charge >= 0.3 is 12.3 Å². The van der Waals surface area contributed by atoms with Gasteiger partial charge in [-0.15, -0.1) is 13.2 Å². The number of benzene rings is 2. The van der Waals surface area contributed by atoms with Gasteiger partial charge in [0.25, 0.3) is 6.29 Å². The highest BCUT2D eigenvalue weighted by atomic mass is 19.4. The minimum Gasteiger partial charge on any atom is -0.464 e. The molecule has 2 aliphatic heterocycles. The number of oxime groups is 1. The largest absolute Gasteiger partial charge is 0.573 e. The van der Waals surface area contributed by atoms with Crippen LogP contribution in [0.3, 0.4) is 0 Å². The van der Waals surface area contributed by atoms with Crippen LogP contribution >= 0.6 is 0 Å². The molecule has 2 aliphatic rings. The summed E-state index contributed by atoms with van der Waals surface area (Å²) in [5.41, 5.74) is 2.47. The van der Waals surface area contributed by atoms with Gasteiger partial charge in [-0.2, -0.15) is 5.10 Å². The molecule has 0 aromatic heterocycles. The van der Waals surface area contributed by atoms with Crippen LogP contribution in [0.2, 0.25) is 0 Å². The van der Waals surface area contributed by atoms with Crippen molar-refractivity contribution in [3.63, 3.8) is 0 Å². The summed E-state index contributed by atoms with van der Waals surface area (Å²) in [6.07, 6.45) is -5.55. The number of rotatable bonds is 12. The van der Waals surface area contributed by atoms with Gasteiger partial charge in [0.15, 0.2) is 12.1 Å². The average molecular weight is 638 g/mol. The predicted octanol–water partition coefficient (Wildman–Crippen LogP) is 4.91. The van der Waals surface area contributed by atoms with Gasteiger partial charge < -0.3 is 33.3 Å². The zero-order chi connectivity index (χ0) is 32.7. The highest BCUT2D eigenvalue weighted by Crippen LogP contribution is 2.31. The maximum absolute atomic E-state index is 13.0. The van der Waals surface area contributed by atoms with Crippen LogP contribution < -0.4 is 9.75 Å². The molecule has 0 radical (unpaired) electrons. The van der Waals surface area contributed by atoms with E-state index in [2.05, 4.69) is 15.0 Å². The summed E-state index contributed by atoms with van der Waals surface area (Å²) < 4.78 is 69.9. The highest BCUT2D eigenvalue weighted by molar-refractivity contribution is 6.06. The van der Waals surface area contributed by atoms with Crippen LogP contribution in [-0.4, -0.2) is 88.9 Å². The molecule has 1 unspecified atom stereocenters. The lowest BCUT2D eigenvalue weighted by molar-refractivity contribution is -0.305. The Hall–Kier alpha value is -3.72. The molecule has 0 bridgehead atoms. The van der Waals surface area contributed by atoms with Crippen molar-refractivity contribution in [1.29, 1.82) is 0 Å². The quantitative estimate of drug-likeness (QED) is 0.182. The van der Waals surface area contributed by atoms with E-state index in [1.54, 1.807) is 26.4 Å². The van der Waals surface area contributed by atoms with Crippen molar-refractivity contribution in [3.05, 3.63) is 59.7 Å². The number of hydrogen-bond donors (Lipinski definition) is 0. The predicted molar refractivity (Wildman–Crippen MR) is 158 cm³/mol. The van der Waals surface area contributed by atoms with Crippen LogP contribution in [0.1, 0.15) is 38.3 Å². The summed E-state index contributed by atoms with van der Waals surface area (Å²) in [5.74, 6) is -0.742. The number of hydrogen-bond acceptors (Lipinski definition) is 11. The van der Waals surface area contributed by atoms with Crippen LogP contribution in [0.4, 0.5) is 18.9 Å². The van der Waals surface area contributed by atoms with Crippen molar-refractivity contribution < 1.29 is 51.2 Å². The highest BCUT2D eigenvalue weighted by Gasteiger charge is 2.47. The van der Waals surface area contributed by atoms with Gasteiger partial charge in [-0.1, -0.05) is 43.3 Å².